The van der Waals surface area contributed by atoms with Gasteiger partial charge in [-0.25, -0.2) is 0 Å². The van der Waals surface area contributed by atoms with Crippen molar-refractivity contribution in [2.24, 2.45) is 4.99 Å². The number of nitrogens with one attached hydrogen (secondary N) is 1. The third-order valence-electron chi connectivity index (χ3n) is 0.730. The minimum absolute atomic E-state index is 0. The van der Waals surface area contributed by atoms with E-state index in [1.165, 1.54) is 0 Å². The standard InChI is InChI=1S/C4H7N2.Fe/c1-2-5-4-6-3-1;/h1-3H2,(H,5,6);/q-1;+2. The number of hydrogen-bond donors (Lipinski definition) is 1. The molecule has 1 aliphatic heterocycles. The van der Waals surface area contributed by atoms with Gasteiger partial charge in [-0.05, 0) is 13.0 Å². The second-order valence-electron chi connectivity index (χ2n) is 1.27. The minimum atomic E-state index is 0. The van der Waals surface area contributed by atoms with Gasteiger partial charge in [0.1, 0.15) is 0 Å². The fraction of sp³-hybridized carbons (Fsp3) is 0.750. The van der Waals surface area contributed by atoms with Crippen LogP contribution in [0.3, 0.4) is 0 Å². The van der Waals surface area contributed by atoms with E-state index < -0.39 is 0 Å². The van der Waals surface area contributed by atoms with E-state index in [1.54, 1.807) is 0 Å². The molecule has 0 aliphatic carbocycles. The van der Waals surface area contributed by atoms with Gasteiger partial charge in [0.05, 0.1) is 0 Å². The molecular formula is C4H7FeN2+. The maximum Gasteiger partial charge on any atom is 2.00 e. The Balaban J connectivity index is 0.000000360. The molecule has 0 atom stereocenters. The number of aliphatic imine (C=N–C) groups is 1. The summed E-state index contributed by atoms with van der Waals surface area (Å²) in [4.78, 5) is 3.82. The fourth-order valence-electron chi connectivity index (χ4n) is 0.414. The molecule has 1 aliphatic rings. The zero-order valence-electron chi connectivity index (χ0n) is 3.92. The molecule has 1 N–H and O–H groups in total. The van der Waals surface area contributed by atoms with Crippen molar-refractivity contribution in [2.45, 2.75) is 6.42 Å². The van der Waals surface area contributed by atoms with Gasteiger partial charge in [0.2, 0.25) is 0 Å². The third-order valence-corrected chi connectivity index (χ3v) is 0.730. The number of nitrogens with zero attached hydrogens (tertiary/aromatic N) is 1. The van der Waals surface area contributed by atoms with E-state index in [1.807, 2.05) is 0 Å². The Hall–Kier alpha value is -0.0105. The quantitative estimate of drug-likeness (QED) is 0.367. The molecule has 7 heavy (non-hydrogen) atoms. The van der Waals surface area contributed by atoms with E-state index in [9.17, 15) is 0 Å². The topological polar surface area (TPSA) is 24.4 Å². The number of rotatable bonds is 0. The van der Waals surface area contributed by atoms with Crippen LogP contribution in [0.15, 0.2) is 4.99 Å². The van der Waals surface area contributed by atoms with Crippen molar-refractivity contribution in [3.8, 4) is 0 Å². The molecule has 0 fully saturated rings. The van der Waals surface area contributed by atoms with Crippen molar-refractivity contribution < 1.29 is 17.1 Å². The van der Waals surface area contributed by atoms with Crippen molar-refractivity contribution in [2.75, 3.05) is 13.1 Å². The van der Waals surface area contributed by atoms with Gasteiger partial charge >= 0.3 is 17.1 Å². The van der Waals surface area contributed by atoms with Crippen LogP contribution < -0.4 is 5.32 Å². The van der Waals surface area contributed by atoms with Crippen molar-refractivity contribution in [3.63, 3.8) is 0 Å². The number of hydrogen-bond acceptors (Lipinski definition) is 2. The van der Waals surface area contributed by atoms with Crippen LogP contribution in [-0.2, 0) is 17.1 Å². The third kappa shape index (κ3) is 2.66. The second-order valence-corrected chi connectivity index (χ2v) is 1.27. The Kier molecular flexibility index (Phi) is 4.15. The Labute approximate surface area is 53.9 Å². The van der Waals surface area contributed by atoms with E-state index in [-0.39, 0.29) is 17.1 Å². The van der Waals surface area contributed by atoms with Crippen molar-refractivity contribution in [1.29, 1.82) is 0 Å². The Morgan fingerprint density at radius 2 is 2.43 bits per heavy atom. The van der Waals surface area contributed by atoms with Gasteiger partial charge in [-0.2, -0.15) is 0 Å². The molecule has 3 heteroatoms. The van der Waals surface area contributed by atoms with E-state index in [0.717, 1.165) is 19.5 Å². The molecule has 0 aromatic rings. The van der Waals surface area contributed by atoms with Crippen LogP contribution in [0.2, 0.25) is 0 Å². The monoisotopic (exact) mass is 139 g/mol. The molecule has 1 heterocycles. The fourth-order valence-corrected chi connectivity index (χ4v) is 0.414. The van der Waals surface area contributed by atoms with Gasteiger partial charge in [0.15, 0.2) is 0 Å². The predicted octanol–water partition coefficient (Wildman–Crippen LogP) is -0.117. The summed E-state index contributed by atoms with van der Waals surface area (Å²) in [6, 6.07) is 0. The zero-order valence-corrected chi connectivity index (χ0v) is 5.03. The molecule has 0 amide bonds. The first-order chi connectivity index (χ1) is 3.00. The largest absolute Gasteiger partial charge is 2.00 e. The second kappa shape index (κ2) is 4.16. The van der Waals surface area contributed by atoms with Gasteiger partial charge in [-0.3, -0.25) is 0 Å². The molecule has 2 nitrogen and oxygen atoms in total. The molecule has 0 aromatic heterocycles. The summed E-state index contributed by atoms with van der Waals surface area (Å²) in [7, 11) is 0. The van der Waals surface area contributed by atoms with Crippen LogP contribution in [0, 0.1) is 0 Å². The maximum absolute atomic E-state index is 3.82. The van der Waals surface area contributed by atoms with Crippen molar-refractivity contribution in [1.82, 2.24) is 5.32 Å². The molecule has 0 spiro atoms. The molecule has 0 unspecified atom stereocenters. The summed E-state index contributed by atoms with van der Waals surface area (Å²) in [5, 5.41) is 2.87. The summed E-state index contributed by atoms with van der Waals surface area (Å²) in [6.45, 7) is 2.00. The van der Waals surface area contributed by atoms with E-state index >= 15 is 0 Å². The first-order valence-electron chi connectivity index (χ1n) is 2.14. The first kappa shape index (κ1) is 6.99. The Morgan fingerprint density at radius 1 is 1.57 bits per heavy atom. The molecule has 0 saturated carbocycles. The van der Waals surface area contributed by atoms with Gasteiger partial charge in [-0.1, -0.05) is 0 Å². The van der Waals surface area contributed by atoms with Crippen LogP contribution >= 0.6 is 0 Å². The molecule has 0 radical (unpaired) electrons. The van der Waals surface area contributed by atoms with Crippen LogP contribution in [0.1, 0.15) is 6.42 Å². The summed E-state index contributed by atoms with van der Waals surface area (Å²) < 4.78 is 0. The van der Waals surface area contributed by atoms with E-state index in [0.29, 0.717) is 0 Å². The molecule has 1 rings (SSSR count). The first-order valence-corrected chi connectivity index (χ1v) is 2.14. The SMILES string of the molecule is [C-]1=NCCCN1.[Fe+2]. The smallest absolute Gasteiger partial charge is 0.550 e. The van der Waals surface area contributed by atoms with Gasteiger partial charge in [0, 0.05) is 6.54 Å². The molecule has 0 bridgehead atoms. The summed E-state index contributed by atoms with van der Waals surface area (Å²) in [5.41, 5.74) is 0. The van der Waals surface area contributed by atoms with Crippen LogP contribution in [-0.4, -0.2) is 19.4 Å². The maximum atomic E-state index is 3.82. The van der Waals surface area contributed by atoms with Crippen LogP contribution in [0.4, 0.5) is 0 Å². The van der Waals surface area contributed by atoms with Gasteiger partial charge in [-0.15, -0.1) is 0 Å². The minimum Gasteiger partial charge on any atom is -0.550 e. The predicted molar refractivity (Wildman–Crippen MR) is 24.9 cm³/mol. The van der Waals surface area contributed by atoms with Gasteiger partial charge in [0.25, 0.3) is 0 Å². The molecule has 0 saturated heterocycles. The Morgan fingerprint density at radius 3 is 2.57 bits per heavy atom. The van der Waals surface area contributed by atoms with Crippen LogP contribution in [0.5, 0.6) is 0 Å². The normalized spacial score (nSPS) is 17.1. The molecule has 0 aromatic carbocycles. The van der Waals surface area contributed by atoms with Gasteiger partial charge < -0.3 is 16.6 Å². The van der Waals surface area contributed by atoms with Crippen molar-refractivity contribution in [3.05, 3.63) is 0 Å². The Bertz CT molecular complexity index is 54.7. The summed E-state index contributed by atoms with van der Waals surface area (Å²) in [5.74, 6) is 0. The zero-order chi connectivity index (χ0) is 4.24. The average molecular weight is 139 g/mol. The van der Waals surface area contributed by atoms with Crippen molar-refractivity contribution >= 4 is 6.34 Å². The molecular weight excluding hydrogens is 132 g/mol. The average Bonchev–Trinajstić information content (AvgIpc) is 1.72. The summed E-state index contributed by atoms with van der Waals surface area (Å²) in [6.07, 6.45) is 3.82. The summed E-state index contributed by atoms with van der Waals surface area (Å²) >= 11 is 0. The van der Waals surface area contributed by atoms with E-state index in [2.05, 4.69) is 16.6 Å². The van der Waals surface area contributed by atoms with Crippen LogP contribution in [0.25, 0.3) is 0 Å². The molecule has 40 valence electrons. The van der Waals surface area contributed by atoms with E-state index in [4.69, 9.17) is 0 Å².